The minimum atomic E-state index is 0.0925. The summed E-state index contributed by atoms with van der Waals surface area (Å²) < 4.78 is 7.24. The molecule has 2 aromatic heterocycles. The maximum Gasteiger partial charge on any atom is 0.257 e. The first kappa shape index (κ1) is 14.8. The summed E-state index contributed by atoms with van der Waals surface area (Å²) in [7, 11) is 0. The molecule has 0 atom stereocenters. The van der Waals surface area contributed by atoms with E-state index in [9.17, 15) is 4.79 Å². The number of piperazine rings is 1. The van der Waals surface area contributed by atoms with Crippen LogP contribution in [0, 0.1) is 6.92 Å². The van der Waals surface area contributed by atoms with E-state index in [1.54, 1.807) is 12.5 Å². The molecule has 0 aliphatic carbocycles. The van der Waals surface area contributed by atoms with Gasteiger partial charge in [-0.05, 0) is 26.0 Å². The van der Waals surface area contributed by atoms with Gasteiger partial charge in [0.1, 0.15) is 5.76 Å². The second-order valence-corrected chi connectivity index (χ2v) is 5.61. The molecule has 0 spiro atoms. The fourth-order valence-corrected chi connectivity index (χ4v) is 2.88. The van der Waals surface area contributed by atoms with Gasteiger partial charge in [-0.3, -0.25) is 14.4 Å². The van der Waals surface area contributed by atoms with Gasteiger partial charge in [0.25, 0.3) is 5.91 Å². The van der Waals surface area contributed by atoms with Crippen molar-refractivity contribution in [1.82, 2.24) is 19.6 Å². The summed E-state index contributed by atoms with van der Waals surface area (Å²) in [6.07, 6.45) is 3.39. The molecule has 0 aromatic carbocycles. The van der Waals surface area contributed by atoms with E-state index in [0.29, 0.717) is 0 Å². The highest BCUT2D eigenvalue weighted by Crippen LogP contribution is 2.14. The number of furan rings is 1. The molecule has 1 fully saturated rings. The van der Waals surface area contributed by atoms with Gasteiger partial charge in [-0.15, -0.1) is 0 Å². The smallest absolute Gasteiger partial charge is 0.257 e. The number of aryl methyl sites for hydroxylation is 1. The maximum atomic E-state index is 12.6. The molecule has 0 N–H and O–H groups in total. The molecule has 1 aliphatic rings. The Hall–Kier alpha value is -2.08. The van der Waals surface area contributed by atoms with Crippen molar-refractivity contribution < 1.29 is 9.21 Å². The molecule has 3 rings (SSSR count). The molecule has 6 nitrogen and oxygen atoms in total. The Morgan fingerprint density at radius 1 is 1.32 bits per heavy atom. The SMILES string of the molecule is CCn1ncc(C(=O)N2CCN(Cc3ccco3)CC2)c1C. The van der Waals surface area contributed by atoms with Gasteiger partial charge in [0, 0.05) is 38.4 Å². The Morgan fingerprint density at radius 2 is 2.09 bits per heavy atom. The molecule has 0 bridgehead atoms. The van der Waals surface area contributed by atoms with Gasteiger partial charge in [0.2, 0.25) is 0 Å². The van der Waals surface area contributed by atoms with Crippen LogP contribution in [-0.4, -0.2) is 51.7 Å². The van der Waals surface area contributed by atoms with E-state index in [-0.39, 0.29) is 5.91 Å². The van der Waals surface area contributed by atoms with Crippen LogP contribution in [0.15, 0.2) is 29.0 Å². The van der Waals surface area contributed by atoms with Crippen molar-refractivity contribution in [3.05, 3.63) is 41.6 Å². The Balaban J connectivity index is 1.58. The topological polar surface area (TPSA) is 54.5 Å². The van der Waals surface area contributed by atoms with Crippen LogP contribution in [0.3, 0.4) is 0 Å². The second-order valence-electron chi connectivity index (χ2n) is 5.61. The third-order valence-electron chi connectivity index (χ3n) is 4.25. The van der Waals surface area contributed by atoms with E-state index >= 15 is 0 Å². The van der Waals surface area contributed by atoms with E-state index in [0.717, 1.165) is 56.3 Å². The average Bonchev–Trinajstić information content (AvgIpc) is 3.17. The van der Waals surface area contributed by atoms with E-state index in [4.69, 9.17) is 4.42 Å². The summed E-state index contributed by atoms with van der Waals surface area (Å²) in [5.41, 5.74) is 1.67. The number of nitrogens with zero attached hydrogens (tertiary/aromatic N) is 4. The normalized spacial score (nSPS) is 16.2. The van der Waals surface area contributed by atoms with Gasteiger partial charge in [-0.1, -0.05) is 0 Å². The van der Waals surface area contributed by atoms with Crippen molar-refractivity contribution in [2.75, 3.05) is 26.2 Å². The third-order valence-corrected chi connectivity index (χ3v) is 4.25. The van der Waals surface area contributed by atoms with Crippen molar-refractivity contribution in [2.45, 2.75) is 26.9 Å². The molecular formula is C16H22N4O2. The molecule has 1 saturated heterocycles. The third kappa shape index (κ3) is 2.92. The van der Waals surface area contributed by atoms with Gasteiger partial charge >= 0.3 is 0 Å². The van der Waals surface area contributed by atoms with E-state index in [1.165, 1.54) is 0 Å². The summed E-state index contributed by atoms with van der Waals surface area (Å²) in [6, 6.07) is 3.89. The average molecular weight is 302 g/mol. The lowest BCUT2D eigenvalue weighted by atomic mass is 10.2. The van der Waals surface area contributed by atoms with Gasteiger partial charge in [-0.25, -0.2) is 0 Å². The molecule has 2 aromatic rings. The van der Waals surface area contributed by atoms with Crippen LogP contribution in [0.4, 0.5) is 0 Å². The fourth-order valence-electron chi connectivity index (χ4n) is 2.88. The molecule has 0 radical (unpaired) electrons. The van der Waals surface area contributed by atoms with Crippen LogP contribution in [0.25, 0.3) is 0 Å². The van der Waals surface area contributed by atoms with Gasteiger partial charge < -0.3 is 9.32 Å². The van der Waals surface area contributed by atoms with Crippen LogP contribution >= 0.6 is 0 Å². The first-order valence-electron chi connectivity index (χ1n) is 7.75. The van der Waals surface area contributed by atoms with Crippen LogP contribution in [-0.2, 0) is 13.1 Å². The highest BCUT2D eigenvalue weighted by Gasteiger charge is 2.24. The number of rotatable bonds is 4. The minimum absolute atomic E-state index is 0.0925. The number of carbonyl (C=O) groups is 1. The molecule has 0 unspecified atom stereocenters. The Bertz CT molecular complexity index is 625. The fraction of sp³-hybridized carbons (Fsp3) is 0.500. The molecule has 22 heavy (non-hydrogen) atoms. The summed E-state index contributed by atoms with van der Waals surface area (Å²) in [4.78, 5) is 16.8. The maximum absolute atomic E-state index is 12.6. The summed E-state index contributed by atoms with van der Waals surface area (Å²) in [6.45, 7) is 8.81. The number of aromatic nitrogens is 2. The zero-order chi connectivity index (χ0) is 15.5. The predicted molar refractivity (Wildman–Crippen MR) is 82.5 cm³/mol. The van der Waals surface area contributed by atoms with E-state index in [2.05, 4.69) is 10.00 Å². The molecule has 3 heterocycles. The lowest BCUT2D eigenvalue weighted by Crippen LogP contribution is -2.48. The van der Waals surface area contributed by atoms with Crippen molar-refractivity contribution >= 4 is 5.91 Å². The largest absolute Gasteiger partial charge is 0.468 e. The molecule has 6 heteroatoms. The van der Waals surface area contributed by atoms with Crippen LogP contribution in [0.2, 0.25) is 0 Å². The Kier molecular flexibility index (Phi) is 4.29. The molecule has 118 valence electrons. The standard InChI is InChI=1S/C16H22N4O2/c1-3-20-13(2)15(11-17-20)16(21)19-8-6-18(7-9-19)12-14-5-4-10-22-14/h4-5,10-11H,3,6-9,12H2,1-2H3. The molecule has 1 aliphatic heterocycles. The van der Waals surface area contributed by atoms with Crippen LogP contribution < -0.4 is 0 Å². The van der Waals surface area contributed by atoms with Crippen molar-refractivity contribution in [3.8, 4) is 0 Å². The van der Waals surface area contributed by atoms with Crippen molar-refractivity contribution in [1.29, 1.82) is 0 Å². The molecule has 1 amide bonds. The first-order chi connectivity index (χ1) is 10.7. The van der Waals surface area contributed by atoms with Gasteiger partial charge in [0.15, 0.2) is 0 Å². The van der Waals surface area contributed by atoms with Crippen LogP contribution in [0.1, 0.15) is 28.7 Å². The van der Waals surface area contributed by atoms with Gasteiger partial charge in [0.05, 0.1) is 24.6 Å². The number of hydrogen-bond donors (Lipinski definition) is 0. The number of carbonyl (C=O) groups excluding carboxylic acids is 1. The lowest BCUT2D eigenvalue weighted by Gasteiger charge is -2.34. The lowest BCUT2D eigenvalue weighted by molar-refractivity contribution is 0.0619. The quantitative estimate of drug-likeness (QED) is 0.863. The zero-order valence-electron chi connectivity index (χ0n) is 13.2. The predicted octanol–water partition coefficient (Wildman–Crippen LogP) is 1.76. The summed E-state index contributed by atoms with van der Waals surface area (Å²) in [5, 5.41) is 4.26. The molecular weight excluding hydrogens is 280 g/mol. The Morgan fingerprint density at radius 3 is 2.68 bits per heavy atom. The Labute approximate surface area is 130 Å². The minimum Gasteiger partial charge on any atom is -0.468 e. The molecule has 0 saturated carbocycles. The number of hydrogen-bond acceptors (Lipinski definition) is 4. The van der Waals surface area contributed by atoms with E-state index in [1.807, 2.05) is 35.6 Å². The number of amides is 1. The summed E-state index contributed by atoms with van der Waals surface area (Å²) >= 11 is 0. The highest BCUT2D eigenvalue weighted by molar-refractivity contribution is 5.95. The van der Waals surface area contributed by atoms with Gasteiger partial charge in [-0.2, -0.15) is 5.10 Å². The second kappa shape index (κ2) is 6.36. The first-order valence-corrected chi connectivity index (χ1v) is 7.75. The summed E-state index contributed by atoms with van der Waals surface area (Å²) in [5.74, 6) is 1.06. The van der Waals surface area contributed by atoms with Crippen LogP contribution in [0.5, 0.6) is 0 Å². The van der Waals surface area contributed by atoms with E-state index < -0.39 is 0 Å². The zero-order valence-corrected chi connectivity index (χ0v) is 13.2. The monoisotopic (exact) mass is 302 g/mol. The highest BCUT2D eigenvalue weighted by atomic mass is 16.3. The van der Waals surface area contributed by atoms with Crippen molar-refractivity contribution in [2.24, 2.45) is 0 Å². The van der Waals surface area contributed by atoms with Crippen molar-refractivity contribution in [3.63, 3.8) is 0 Å².